The van der Waals surface area contributed by atoms with Gasteiger partial charge in [-0.1, -0.05) is 37.3 Å². The van der Waals surface area contributed by atoms with E-state index >= 15 is 0 Å². The lowest BCUT2D eigenvalue weighted by Crippen LogP contribution is -2.28. The summed E-state index contributed by atoms with van der Waals surface area (Å²) < 4.78 is 0. The summed E-state index contributed by atoms with van der Waals surface area (Å²) in [5.41, 5.74) is 3.77. The van der Waals surface area contributed by atoms with Crippen molar-refractivity contribution in [1.29, 1.82) is 0 Å². The second-order valence-corrected chi connectivity index (χ2v) is 4.99. The maximum Gasteiger partial charge on any atom is 0.256 e. The number of hydrogen-bond donors (Lipinski definition) is 1. The Morgan fingerprint density at radius 2 is 1.90 bits per heavy atom. The first-order valence-corrected chi connectivity index (χ1v) is 7.11. The third kappa shape index (κ3) is 4.02. The number of aliphatic imine (C=N–C) groups is 1. The Balaban J connectivity index is 2.13. The van der Waals surface area contributed by atoms with Crippen LogP contribution in [0.25, 0.3) is 0 Å². The van der Waals surface area contributed by atoms with E-state index < -0.39 is 0 Å². The van der Waals surface area contributed by atoms with Crippen molar-refractivity contribution in [2.75, 3.05) is 0 Å². The van der Waals surface area contributed by atoms with E-state index in [9.17, 15) is 4.79 Å². The van der Waals surface area contributed by atoms with Crippen molar-refractivity contribution in [2.45, 2.75) is 27.2 Å². The molecular weight excluding hydrogens is 260 g/mol. The van der Waals surface area contributed by atoms with Crippen molar-refractivity contribution in [2.24, 2.45) is 4.99 Å². The highest BCUT2D eigenvalue weighted by Crippen LogP contribution is 2.17. The third-order valence-electron chi connectivity index (χ3n) is 3.30. The van der Waals surface area contributed by atoms with Crippen LogP contribution in [-0.4, -0.2) is 11.7 Å². The number of carbonyl (C=O) groups is 1. The highest BCUT2D eigenvalue weighted by molar-refractivity contribution is 6.06. The van der Waals surface area contributed by atoms with Crippen LogP contribution in [0.4, 0.5) is 5.69 Å². The van der Waals surface area contributed by atoms with E-state index in [4.69, 9.17) is 0 Å². The van der Waals surface area contributed by atoms with Crippen molar-refractivity contribution < 1.29 is 4.79 Å². The van der Waals surface area contributed by atoms with Crippen LogP contribution >= 0.6 is 0 Å². The van der Waals surface area contributed by atoms with Crippen LogP contribution in [-0.2, 0) is 6.42 Å². The van der Waals surface area contributed by atoms with Crippen LogP contribution in [0.2, 0.25) is 0 Å². The lowest BCUT2D eigenvalue weighted by Gasteiger charge is -2.07. The molecule has 3 nitrogen and oxygen atoms in total. The molecule has 21 heavy (non-hydrogen) atoms. The van der Waals surface area contributed by atoms with Gasteiger partial charge in [-0.3, -0.25) is 4.79 Å². The Morgan fingerprint density at radius 3 is 2.62 bits per heavy atom. The zero-order chi connectivity index (χ0) is 15.2. The minimum atomic E-state index is -0.125. The number of amidine groups is 1. The van der Waals surface area contributed by atoms with Gasteiger partial charge < -0.3 is 5.32 Å². The van der Waals surface area contributed by atoms with E-state index in [1.807, 2.05) is 55.5 Å². The summed E-state index contributed by atoms with van der Waals surface area (Å²) in [5.74, 6) is 0.469. The van der Waals surface area contributed by atoms with Crippen LogP contribution < -0.4 is 5.32 Å². The lowest BCUT2D eigenvalue weighted by molar-refractivity contribution is 0.0977. The molecule has 0 saturated heterocycles. The number of aryl methyl sites for hydroxylation is 2. The molecular formula is C18H20N2O. The molecule has 0 aliphatic carbocycles. The fraction of sp³-hybridized carbons (Fsp3) is 0.222. The number of nitrogens with zero attached hydrogens (tertiary/aromatic N) is 1. The first-order chi connectivity index (χ1) is 10.1. The predicted molar refractivity (Wildman–Crippen MR) is 87.2 cm³/mol. The number of rotatable bonds is 3. The Kier molecular flexibility index (Phi) is 4.88. The Morgan fingerprint density at radius 1 is 1.14 bits per heavy atom. The van der Waals surface area contributed by atoms with Crippen molar-refractivity contribution in [3.05, 3.63) is 65.2 Å². The molecule has 0 saturated carbocycles. The summed E-state index contributed by atoms with van der Waals surface area (Å²) in [6.45, 7) is 5.87. The van der Waals surface area contributed by atoms with Gasteiger partial charge in [0.1, 0.15) is 5.84 Å². The number of hydrogen-bond acceptors (Lipinski definition) is 2. The zero-order valence-corrected chi connectivity index (χ0v) is 12.7. The normalized spacial score (nSPS) is 11.3. The molecule has 0 aliphatic heterocycles. The standard InChI is InChI=1S/C18H20N2O/c1-4-15-9-7-10-16(12-15)18(21)20-14(3)19-17-11-6-5-8-13(17)2/h5-12H,4H2,1-3H3,(H,19,20,21). The molecule has 0 fully saturated rings. The quantitative estimate of drug-likeness (QED) is 0.669. The molecule has 2 rings (SSSR count). The van der Waals surface area contributed by atoms with Crippen LogP contribution in [0.3, 0.4) is 0 Å². The van der Waals surface area contributed by atoms with E-state index in [2.05, 4.69) is 17.2 Å². The third-order valence-corrected chi connectivity index (χ3v) is 3.30. The monoisotopic (exact) mass is 280 g/mol. The van der Waals surface area contributed by atoms with Gasteiger partial charge in [0.05, 0.1) is 5.69 Å². The molecule has 0 unspecified atom stereocenters. The maximum atomic E-state index is 12.2. The van der Waals surface area contributed by atoms with Crippen LogP contribution in [0.5, 0.6) is 0 Å². The molecule has 0 aliphatic rings. The van der Waals surface area contributed by atoms with Crippen LogP contribution in [0.15, 0.2) is 53.5 Å². The van der Waals surface area contributed by atoms with Gasteiger partial charge >= 0.3 is 0 Å². The summed E-state index contributed by atoms with van der Waals surface area (Å²) in [7, 11) is 0. The van der Waals surface area contributed by atoms with Gasteiger partial charge in [-0.25, -0.2) is 4.99 Å². The number of carbonyl (C=O) groups excluding carboxylic acids is 1. The number of para-hydroxylation sites is 1. The van der Waals surface area contributed by atoms with Gasteiger partial charge in [0.25, 0.3) is 5.91 Å². The molecule has 2 aromatic carbocycles. The number of benzene rings is 2. The molecule has 0 heterocycles. The first-order valence-electron chi connectivity index (χ1n) is 7.11. The van der Waals surface area contributed by atoms with Gasteiger partial charge in [-0.15, -0.1) is 0 Å². The highest BCUT2D eigenvalue weighted by Gasteiger charge is 2.07. The zero-order valence-electron chi connectivity index (χ0n) is 12.7. The molecule has 108 valence electrons. The summed E-state index contributed by atoms with van der Waals surface area (Å²) in [6, 6.07) is 15.5. The summed E-state index contributed by atoms with van der Waals surface area (Å²) in [5, 5.41) is 2.83. The van der Waals surface area contributed by atoms with Gasteiger partial charge in [-0.2, -0.15) is 0 Å². The molecule has 1 N–H and O–H groups in total. The predicted octanol–water partition coefficient (Wildman–Crippen LogP) is 4.04. The van der Waals surface area contributed by atoms with E-state index in [0.29, 0.717) is 11.4 Å². The van der Waals surface area contributed by atoms with Gasteiger partial charge in [-0.05, 0) is 49.6 Å². The summed E-state index contributed by atoms with van der Waals surface area (Å²) in [6.07, 6.45) is 0.914. The Labute approximate surface area is 125 Å². The second kappa shape index (κ2) is 6.84. The fourth-order valence-electron chi connectivity index (χ4n) is 2.07. The van der Waals surface area contributed by atoms with Gasteiger partial charge in [0.2, 0.25) is 0 Å². The molecule has 0 radical (unpaired) electrons. The molecule has 0 aromatic heterocycles. The molecule has 2 aromatic rings. The Hall–Kier alpha value is -2.42. The summed E-state index contributed by atoms with van der Waals surface area (Å²) in [4.78, 5) is 16.7. The van der Waals surface area contributed by atoms with E-state index in [1.165, 1.54) is 0 Å². The molecule has 0 atom stereocenters. The molecule has 0 bridgehead atoms. The van der Waals surface area contributed by atoms with Crippen LogP contribution in [0, 0.1) is 6.92 Å². The van der Waals surface area contributed by atoms with Gasteiger partial charge in [0.15, 0.2) is 0 Å². The molecule has 0 spiro atoms. The van der Waals surface area contributed by atoms with E-state index in [-0.39, 0.29) is 5.91 Å². The number of amides is 1. The number of nitrogens with one attached hydrogen (secondary N) is 1. The minimum Gasteiger partial charge on any atom is -0.310 e. The maximum absolute atomic E-state index is 12.2. The summed E-state index contributed by atoms with van der Waals surface area (Å²) >= 11 is 0. The van der Waals surface area contributed by atoms with Crippen molar-refractivity contribution in [3.8, 4) is 0 Å². The van der Waals surface area contributed by atoms with Crippen LogP contribution in [0.1, 0.15) is 35.3 Å². The van der Waals surface area contributed by atoms with Crippen molar-refractivity contribution in [3.63, 3.8) is 0 Å². The molecule has 3 heteroatoms. The topological polar surface area (TPSA) is 41.5 Å². The fourth-order valence-corrected chi connectivity index (χ4v) is 2.07. The Bertz CT molecular complexity index is 674. The van der Waals surface area contributed by atoms with Crippen molar-refractivity contribution >= 4 is 17.4 Å². The highest BCUT2D eigenvalue weighted by atomic mass is 16.1. The van der Waals surface area contributed by atoms with Gasteiger partial charge in [0, 0.05) is 5.56 Å². The first kappa shape index (κ1) is 15.0. The average Bonchev–Trinajstić information content (AvgIpc) is 2.49. The lowest BCUT2D eigenvalue weighted by atomic mass is 10.1. The smallest absolute Gasteiger partial charge is 0.256 e. The van der Waals surface area contributed by atoms with E-state index in [1.54, 1.807) is 6.92 Å². The average molecular weight is 280 g/mol. The van der Waals surface area contributed by atoms with Crippen molar-refractivity contribution in [1.82, 2.24) is 5.32 Å². The SMILES string of the molecule is CCc1cccc(C(=O)NC(C)=Nc2ccccc2C)c1. The molecule has 1 amide bonds. The second-order valence-electron chi connectivity index (χ2n) is 4.99. The minimum absolute atomic E-state index is 0.125. The van der Waals surface area contributed by atoms with E-state index in [0.717, 1.165) is 23.2 Å². The largest absolute Gasteiger partial charge is 0.310 e.